The highest BCUT2D eigenvalue weighted by atomic mass is 16.6. The zero-order chi connectivity index (χ0) is 30.3. The van der Waals surface area contributed by atoms with Gasteiger partial charge in [0.25, 0.3) is 0 Å². The number of amides is 2. The predicted molar refractivity (Wildman–Crippen MR) is 170 cm³/mol. The van der Waals surface area contributed by atoms with Gasteiger partial charge in [0.15, 0.2) is 0 Å². The Balaban J connectivity index is 1.59. The second kappa shape index (κ2) is 14.0. The van der Waals surface area contributed by atoms with Gasteiger partial charge in [0, 0.05) is 36.8 Å². The smallest absolute Gasteiger partial charge is 0.415 e. The minimum atomic E-state index is -0.629. The summed E-state index contributed by atoms with van der Waals surface area (Å²) in [6.07, 6.45) is 4.78. The fraction of sp³-hybridized carbons (Fsp3) is 0.429. The SMILES string of the molecule is CN(C(=O)CCCc1ccc(-c2ccccc2)c(N(C(=O)OC(C)(C)C)C2CCC(N)CC2)c1)c1ccc(CO)cc1. The molecule has 0 aromatic heterocycles. The molecule has 0 bridgehead atoms. The number of nitrogens with two attached hydrogens (primary N) is 1. The minimum Gasteiger partial charge on any atom is -0.443 e. The normalized spacial score (nSPS) is 17.0. The maximum atomic E-state index is 13.8. The molecule has 7 heteroatoms. The Morgan fingerprint density at radius 2 is 1.57 bits per heavy atom. The van der Waals surface area contributed by atoms with Crippen LogP contribution in [0, 0.1) is 0 Å². The van der Waals surface area contributed by atoms with Crippen LogP contribution in [0.3, 0.4) is 0 Å². The third-order valence-electron chi connectivity index (χ3n) is 7.84. The second-order valence-electron chi connectivity index (χ2n) is 12.3. The first kappa shape index (κ1) is 31.3. The zero-order valence-corrected chi connectivity index (χ0v) is 25.4. The quantitative estimate of drug-likeness (QED) is 0.293. The van der Waals surface area contributed by atoms with Crippen molar-refractivity contribution in [3.05, 3.63) is 83.9 Å². The Bertz CT molecular complexity index is 1330. The van der Waals surface area contributed by atoms with Crippen LogP contribution in [0.25, 0.3) is 11.1 Å². The number of ether oxygens (including phenoxy) is 1. The Kier molecular flexibility index (Phi) is 10.4. The summed E-state index contributed by atoms with van der Waals surface area (Å²) in [4.78, 5) is 30.3. The average molecular weight is 572 g/mol. The highest BCUT2D eigenvalue weighted by molar-refractivity contribution is 5.95. The van der Waals surface area contributed by atoms with Crippen LogP contribution in [0.4, 0.5) is 16.2 Å². The van der Waals surface area contributed by atoms with Gasteiger partial charge in [-0.15, -0.1) is 0 Å². The molecule has 3 N–H and O–H groups in total. The topological polar surface area (TPSA) is 96.1 Å². The molecule has 0 spiro atoms. The van der Waals surface area contributed by atoms with Crippen LogP contribution in [0.15, 0.2) is 72.8 Å². The van der Waals surface area contributed by atoms with Gasteiger partial charge in [-0.05, 0) is 94.2 Å². The maximum Gasteiger partial charge on any atom is 0.415 e. The second-order valence-corrected chi connectivity index (χ2v) is 12.3. The van der Waals surface area contributed by atoms with Crippen molar-refractivity contribution in [1.29, 1.82) is 0 Å². The largest absolute Gasteiger partial charge is 0.443 e. The molecule has 1 fully saturated rings. The minimum absolute atomic E-state index is 0.00943. The van der Waals surface area contributed by atoms with Gasteiger partial charge in [0.2, 0.25) is 5.91 Å². The van der Waals surface area contributed by atoms with Crippen molar-refractivity contribution < 1.29 is 19.4 Å². The van der Waals surface area contributed by atoms with E-state index in [9.17, 15) is 14.7 Å². The van der Waals surface area contributed by atoms with E-state index in [1.54, 1.807) is 11.9 Å². The molecule has 42 heavy (non-hydrogen) atoms. The highest BCUT2D eigenvalue weighted by Crippen LogP contribution is 2.37. The lowest BCUT2D eigenvalue weighted by molar-refractivity contribution is -0.118. The summed E-state index contributed by atoms with van der Waals surface area (Å²) in [6.45, 7) is 5.65. The Hall–Kier alpha value is -3.68. The number of hydrogen-bond donors (Lipinski definition) is 2. The first-order valence-corrected chi connectivity index (χ1v) is 15.0. The van der Waals surface area contributed by atoms with Gasteiger partial charge in [0.05, 0.1) is 12.3 Å². The molecule has 1 saturated carbocycles. The third-order valence-corrected chi connectivity index (χ3v) is 7.84. The number of rotatable bonds is 9. The number of carbonyl (C=O) groups is 2. The van der Waals surface area contributed by atoms with Gasteiger partial charge in [-0.2, -0.15) is 0 Å². The van der Waals surface area contributed by atoms with E-state index in [2.05, 4.69) is 30.3 Å². The number of aryl methyl sites for hydroxylation is 1. The van der Waals surface area contributed by atoms with Gasteiger partial charge in [0.1, 0.15) is 5.60 Å². The number of benzene rings is 3. The van der Waals surface area contributed by atoms with Gasteiger partial charge in [-0.3, -0.25) is 9.69 Å². The lowest BCUT2D eigenvalue weighted by Crippen LogP contribution is -2.46. The molecule has 3 aromatic carbocycles. The van der Waals surface area contributed by atoms with Gasteiger partial charge < -0.3 is 20.5 Å². The Morgan fingerprint density at radius 3 is 2.19 bits per heavy atom. The van der Waals surface area contributed by atoms with Gasteiger partial charge in [-0.25, -0.2) is 4.79 Å². The zero-order valence-electron chi connectivity index (χ0n) is 25.4. The van der Waals surface area contributed by atoms with Crippen molar-refractivity contribution in [2.75, 3.05) is 16.8 Å². The maximum absolute atomic E-state index is 13.8. The number of aliphatic hydroxyl groups is 1. The molecule has 0 aliphatic heterocycles. The molecule has 0 unspecified atom stereocenters. The van der Waals surface area contributed by atoms with Crippen LogP contribution in [-0.4, -0.2) is 41.8 Å². The third kappa shape index (κ3) is 8.20. The fourth-order valence-electron chi connectivity index (χ4n) is 5.49. The number of nitrogens with zero attached hydrogens (tertiary/aromatic N) is 2. The summed E-state index contributed by atoms with van der Waals surface area (Å²) in [5.74, 6) is 0.0294. The van der Waals surface area contributed by atoms with E-state index in [1.165, 1.54) is 0 Å². The monoisotopic (exact) mass is 571 g/mol. The van der Waals surface area contributed by atoms with Crippen LogP contribution in [0.5, 0.6) is 0 Å². The molecule has 4 rings (SSSR count). The summed E-state index contributed by atoms with van der Waals surface area (Å²) >= 11 is 0. The molecule has 0 atom stereocenters. The first-order valence-electron chi connectivity index (χ1n) is 15.0. The van der Waals surface area contributed by atoms with Crippen molar-refractivity contribution in [2.45, 2.75) is 90.0 Å². The standard InChI is InChI=1S/C35H45N3O4/c1-35(2,3)42-34(41)38(30-20-16-28(36)17-21-30)32-23-25(15-22-31(32)27-10-6-5-7-11-27)9-8-12-33(40)37(4)29-18-13-26(24-39)14-19-29/h5-7,10-11,13-15,18-19,22-23,28,30,39H,8-9,12,16-17,20-21,24,36H2,1-4H3. The molecule has 7 nitrogen and oxygen atoms in total. The van der Waals surface area contributed by atoms with Crippen LogP contribution in [0.2, 0.25) is 0 Å². The van der Waals surface area contributed by atoms with Crippen molar-refractivity contribution in [1.82, 2.24) is 0 Å². The molecule has 2 amide bonds. The van der Waals surface area contributed by atoms with Crippen LogP contribution >= 0.6 is 0 Å². The molecule has 3 aromatic rings. The van der Waals surface area contributed by atoms with Crippen molar-refractivity contribution in [2.24, 2.45) is 5.73 Å². The molecule has 224 valence electrons. The number of anilines is 2. The van der Waals surface area contributed by atoms with Crippen molar-refractivity contribution in [3.8, 4) is 11.1 Å². The Morgan fingerprint density at radius 1 is 0.929 bits per heavy atom. The van der Waals surface area contributed by atoms with E-state index in [-0.39, 0.29) is 30.7 Å². The van der Waals surface area contributed by atoms with Crippen molar-refractivity contribution in [3.63, 3.8) is 0 Å². The molecule has 1 aliphatic rings. The van der Waals surface area contributed by atoms with Crippen LogP contribution in [-0.2, 0) is 22.6 Å². The molecular formula is C35H45N3O4. The summed E-state index contributed by atoms with van der Waals surface area (Å²) in [5, 5.41) is 9.29. The fourth-order valence-corrected chi connectivity index (χ4v) is 5.49. The highest BCUT2D eigenvalue weighted by Gasteiger charge is 2.33. The summed E-state index contributed by atoms with van der Waals surface area (Å²) in [6, 6.07) is 23.9. The molecule has 0 saturated heterocycles. The molecule has 0 radical (unpaired) electrons. The molecule has 1 aliphatic carbocycles. The predicted octanol–water partition coefficient (Wildman–Crippen LogP) is 6.84. The summed E-state index contributed by atoms with van der Waals surface area (Å²) in [7, 11) is 1.78. The van der Waals surface area contributed by atoms with E-state index >= 15 is 0 Å². The van der Waals surface area contributed by atoms with E-state index in [4.69, 9.17) is 10.5 Å². The lowest BCUT2D eigenvalue weighted by atomic mass is 9.89. The Labute approximate surface area is 250 Å². The number of aliphatic hydroxyl groups excluding tert-OH is 1. The van der Waals surface area contributed by atoms with E-state index in [0.717, 1.165) is 59.3 Å². The first-order chi connectivity index (χ1) is 20.1. The van der Waals surface area contributed by atoms with E-state index < -0.39 is 5.60 Å². The summed E-state index contributed by atoms with van der Waals surface area (Å²) in [5.41, 5.74) is 11.1. The van der Waals surface area contributed by atoms with Crippen LogP contribution < -0.4 is 15.5 Å². The van der Waals surface area contributed by atoms with Crippen molar-refractivity contribution >= 4 is 23.4 Å². The van der Waals surface area contributed by atoms with Crippen LogP contribution in [0.1, 0.15) is 70.4 Å². The van der Waals surface area contributed by atoms with Gasteiger partial charge in [-0.1, -0.05) is 54.6 Å². The number of carbonyl (C=O) groups excluding carboxylic acids is 2. The van der Waals surface area contributed by atoms with E-state index in [1.807, 2.05) is 68.1 Å². The van der Waals surface area contributed by atoms with Gasteiger partial charge >= 0.3 is 6.09 Å². The summed E-state index contributed by atoms with van der Waals surface area (Å²) < 4.78 is 5.95. The lowest BCUT2D eigenvalue weighted by Gasteiger charge is -2.38. The molecular weight excluding hydrogens is 526 g/mol. The molecule has 0 heterocycles. The number of hydrogen-bond acceptors (Lipinski definition) is 5. The average Bonchev–Trinajstić information content (AvgIpc) is 2.97. The van der Waals surface area contributed by atoms with E-state index in [0.29, 0.717) is 19.3 Å².